The summed E-state index contributed by atoms with van der Waals surface area (Å²) in [5.41, 5.74) is -0.955. The predicted molar refractivity (Wildman–Crippen MR) is 58.6 cm³/mol. The van der Waals surface area contributed by atoms with E-state index in [1.54, 1.807) is 22.6 Å². The van der Waals surface area contributed by atoms with E-state index < -0.39 is 22.9 Å². The van der Waals surface area contributed by atoms with Crippen LogP contribution in [0.3, 0.4) is 0 Å². The zero-order chi connectivity index (χ0) is 11.6. The third-order valence-corrected chi connectivity index (χ3v) is 2.54. The number of carbonyl (C=O) groups excluding carboxylic acids is 1. The van der Waals surface area contributed by atoms with Crippen LogP contribution >= 0.6 is 34.2 Å². The van der Waals surface area contributed by atoms with Crippen molar-refractivity contribution in [2.24, 2.45) is 0 Å². The molecule has 82 valence electrons. The van der Waals surface area contributed by atoms with E-state index in [9.17, 15) is 13.6 Å². The molecular weight excluding hydrogens is 342 g/mol. The van der Waals surface area contributed by atoms with Gasteiger partial charge in [-0.25, -0.2) is 13.8 Å². The van der Waals surface area contributed by atoms with Crippen LogP contribution in [0.25, 0.3) is 0 Å². The van der Waals surface area contributed by atoms with Crippen molar-refractivity contribution in [1.29, 1.82) is 0 Å². The second-order valence-corrected chi connectivity index (χ2v) is 4.00. The Hall–Kier alpha value is -0.500. The Labute approximate surface area is 103 Å². The summed E-state index contributed by atoms with van der Waals surface area (Å²) in [5, 5.41) is -1.03. The van der Waals surface area contributed by atoms with E-state index in [1.807, 2.05) is 0 Å². The molecule has 15 heavy (non-hydrogen) atoms. The summed E-state index contributed by atoms with van der Waals surface area (Å²) < 4.78 is 30.2. The van der Waals surface area contributed by atoms with Crippen LogP contribution in [-0.2, 0) is 0 Å². The maximum Gasteiger partial charge on any atom is 0.271 e. The molecule has 0 N–H and O–H groups in total. The number of hydrogen-bond donors (Lipinski definition) is 0. The molecule has 0 aliphatic rings. The first-order valence-electron chi connectivity index (χ1n) is 3.69. The van der Waals surface area contributed by atoms with Crippen LogP contribution in [0.5, 0.6) is 5.88 Å². The minimum Gasteiger partial charge on any atom is -0.480 e. The highest BCUT2D eigenvalue weighted by molar-refractivity contribution is 14.1. The quantitative estimate of drug-likeness (QED) is 0.623. The molecule has 1 aromatic heterocycles. The van der Waals surface area contributed by atoms with Crippen molar-refractivity contribution in [3.8, 4) is 5.88 Å². The summed E-state index contributed by atoms with van der Waals surface area (Å²) in [5.74, 6) is 0.101. The zero-order valence-corrected chi connectivity index (χ0v) is 10.3. The van der Waals surface area contributed by atoms with Crippen molar-refractivity contribution in [3.05, 3.63) is 20.9 Å². The highest BCUT2D eigenvalue weighted by Gasteiger charge is 2.21. The van der Waals surface area contributed by atoms with Gasteiger partial charge in [-0.2, -0.15) is 0 Å². The summed E-state index contributed by atoms with van der Waals surface area (Å²) in [6.07, 6.45) is -2.80. The summed E-state index contributed by atoms with van der Waals surface area (Å²) in [6, 6.07) is 1.13. The summed E-state index contributed by atoms with van der Waals surface area (Å²) in [6.45, 7) is 0. The Balaban J connectivity index is 3.39. The topological polar surface area (TPSA) is 39.2 Å². The van der Waals surface area contributed by atoms with E-state index in [4.69, 9.17) is 16.3 Å². The van der Waals surface area contributed by atoms with Gasteiger partial charge in [-0.15, -0.1) is 0 Å². The van der Waals surface area contributed by atoms with E-state index in [0.29, 0.717) is 3.57 Å². The molecule has 0 bridgehead atoms. The van der Waals surface area contributed by atoms with E-state index in [1.165, 1.54) is 7.11 Å². The van der Waals surface area contributed by atoms with Gasteiger partial charge in [0.05, 0.1) is 10.7 Å². The fourth-order valence-corrected chi connectivity index (χ4v) is 1.78. The number of aromatic nitrogens is 1. The number of rotatable bonds is 3. The molecule has 0 aliphatic carbocycles. The van der Waals surface area contributed by atoms with Gasteiger partial charge in [0, 0.05) is 5.56 Å². The lowest BCUT2D eigenvalue weighted by atomic mass is 10.2. The maximum atomic E-state index is 12.5. The molecule has 1 rings (SSSR count). The lowest BCUT2D eigenvalue weighted by Crippen LogP contribution is -2.05. The van der Waals surface area contributed by atoms with Gasteiger partial charge < -0.3 is 4.74 Å². The number of ether oxygens (including phenoxy) is 1. The Bertz CT molecular complexity index is 400. The number of nitrogens with zero attached hydrogens (tertiary/aromatic N) is 1. The number of alkyl halides is 2. The van der Waals surface area contributed by atoms with Gasteiger partial charge in [-0.1, -0.05) is 0 Å². The van der Waals surface area contributed by atoms with E-state index >= 15 is 0 Å². The number of pyridine rings is 1. The van der Waals surface area contributed by atoms with Crippen LogP contribution in [0.15, 0.2) is 6.07 Å². The largest absolute Gasteiger partial charge is 0.480 e. The summed E-state index contributed by atoms with van der Waals surface area (Å²) >= 11 is 6.93. The molecule has 0 amide bonds. The minimum absolute atomic E-state index is 0.101. The van der Waals surface area contributed by atoms with Crippen LogP contribution in [0.2, 0.25) is 0 Å². The lowest BCUT2D eigenvalue weighted by Gasteiger charge is -2.08. The fraction of sp³-hybridized carbons (Fsp3) is 0.250. The summed E-state index contributed by atoms with van der Waals surface area (Å²) in [7, 11) is 1.33. The highest BCUT2D eigenvalue weighted by Crippen LogP contribution is 2.28. The van der Waals surface area contributed by atoms with Gasteiger partial charge in [0.2, 0.25) is 5.88 Å². The van der Waals surface area contributed by atoms with Gasteiger partial charge in [-0.05, 0) is 40.3 Å². The molecule has 0 saturated carbocycles. The Kier molecular flexibility index (Phi) is 4.21. The maximum absolute atomic E-state index is 12.5. The van der Waals surface area contributed by atoms with Crippen molar-refractivity contribution in [1.82, 2.24) is 4.98 Å². The van der Waals surface area contributed by atoms with Crippen molar-refractivity contribution in [3.63, 3.8) is 0 Å². The molecular formula is C8H5ClF2INO2. The molecule has 0 aliphatic heterocycles. The van der Waals surface area contributed by atoms with Gasteiger partial charge >= 0.3 is 0 Å². The number of carbonyl (C=O) groups is 1. The number of hydrogen-bond acceptors (Lipinski definition) is 3. The average molecular weight is 347 g/mol. The Morgan fingerprint density at radius 3 is 2.67 bits per heavy atom. The van der Waals surface area contributed by atoms with E-state index in [-0.39, 0.29) is 5.88 Å². The first kappa shape index (κ1) is 12.6. The normalized spacial score (nSPS) is 10.5. The van der Waals surface area contributed by atoms with Crippen LogP contribution in [-0.4, -0.2) is 17.3 Å². The van der Waals surface area contributed by atoms with Crippen molar-refractivity contribution in [2.45, 2.75) is 6.43 Å². The SMILES string of the molecule is COc1nc(C(=O)Cl)c(C(F)F)cc1I. The van der Waals surface area contributed by atoms with Gasteiger partial charge in [0.15, 0.2) is 0 Å². The zero-order valence-electron chi connectivity index (χ0n) is 7.43. The average Bonchev–Trinajstić information content (AvgIpc) is 2.16. The monoisotopic (exact) mass is 347 g/mol. The van der Waals surface area contributed by atoms with Crippen molar-refractivity contribution in [2.75, 3.05) is 7.11 Å². The molecule has 0 spiro atoms. The minimum atomic E-state index is -2.80. The van der Waals surface area contributed by atoms with Crippen LogP contribution < -0.4 is 4.74 Å². The van der Waals surface area contributed by atoms with Gasteiger partial charge in [0.25, 0.3) is 11.7 Å². The molecule has 7 heteroatoms. The van der Waals surface area contributed by atoms with Gasteiger partial charge in [0.1, 0.15) is 5.69 Å². The Morgan fingerprint density at radius 2 is 2.27 bits per heavy atom. The first-order valence-corrected chi connectivity index (χ1v) is 5.15. The van der Waals surface area contributed by atoms with Crippen LogP contribution in [0, 0.1) is 3.57 Å². The lowest BCUT2D eigenvalue weighted by molar-refractivity contribution is 0.105. The second-order valence-electron chi connectivity index (χ2n) is 2.49. The standard InChI is InChI=1S/C8H5ClF2INO2/c1-15-8-4(12)2-3(7(10)11)5(13-8)6(9)14/h2,7H,1H3. The third-order valence-electron chi connectivity index (χ3n) is 1.59. The van der Waals surface area contributed by atoms with Crippen molar-refractivity contribution >= 4 is 39.4 Å². The highest BCUT2D eigenvalue weighted by atomic mass is 127. The third kappa shape index (κ3) is 2.75. The first-order chi connectivity index (χ1) is 6.97. The number of halogens is 4. The molecule has 0 atom stereocenters. The second kappa shape index (κ2) is 5.02. The summed E-state index contributed by atoms with van der Waals surface area (Å²) in [4.78, 5) is 14.5. The molecule has 0 aromatic carbocycles. The smallest absolute Gasteiger partial charge is 0.271 e. The molecule has 0 fully saturated rings. The van der Waals surface area contributed by atoms with Gasteiger partial charge in [-0.3, -0.25) is 4.79 Å². The fourth-order valence-electron chi connectivity index (χ4n) is 0.953. The van der Waals surface area contributed by atoms with E-state index in [2.05, 4.69) is 4.98 Å². The predicted octanol–water partition coefficient (Wildman–Crippen LogP) is 3.01. The Morgan fingerprint density at radius 1 is 1.67 bits per heavy atom. The molecule has 0 radical (unpaired) electrons. The molecule has 0 saturated heterocycles. The molecule has 1 aromatic rings. The van der Waals surface area contributed by atoms with Crippen molar-refractivity contribution < 1.29 is 18.3 Å². The molecule has 0 unspecified atom stereocenters. The van der Waals surface area contributed by atoms with E-state index in [0.717, 1.165) is 6.07 Å². The molecule has 3 nitrogen and oxygen atoms in total. The van der Waals surface area contributed by atoms with Crippen LogP contribution in [0.4, 0.5) is 8.78 Å². The molecule has 1 heterocycles. The number of methoxy groups -OCH3 is 1. The van der Waals surface area contributed by atoms with Crippen LogP contribution in [0.1, 0.15) is 22.5 Å².